The van der Waals surface area contributed by atoms with Gasteiger partial charge in [0.25, 0.3) is 5.91 Å². The minimum atomic E-state index is -3.54. The molecule has 2 aromatic rings. The Morgan fingerprint density at radius 1 is 1.08 bits per heavy atom. The highest BCUT2D eigenvalue weighted by Gasteiger charge is 2.28. The largest absolute Gasteiger partial charge is 0.322 e. The van der Waals surface area contributed by atoms with Crippen LogP contribution in [0, 0.1) is 13.8 Å². The molecule has 5 nitrogen and oxygen atoms in total. The molecule has 0 saturated heterocycles. The van der Waals surface area contributed by atoms with Crippen molar-refractivity contribution < 1.29 is 13.2 Å². The number of aryl methyl sites for hydroxylation is 2. The Morgan fingerprint density at radius 2 is 1.83 bits per heavy atom. The standard InChI is InChI=1S/C18H20N2O3S/c1-12-6-9-17(13(2)10-12)18(21)19-15-4-3-5-16(11-15)24(22,23)20-14-7-8-14/h3-6,9-11,14,20H,7-8H2,1-2H3,(H,19,21). The van der Waals surface area contributed by atoms with Gasteiger partial charge in [-0.1, -0.05) is 23.8 Å². The molecule has 1 aliphatic rings. The van der Waals surface area contributed by atoms with E-state index in [0.717, 1.165) is 24.0 Å². The summed E-state index contributed by atoms with van der Waals surface area (Å²) in [6.07, 6.45) is 1.75. The van der Waals surface area contributed by atoms with Gasteiger partial charge in [0.1, 0.15) is 0 Å². The maximum atomic E-state index is 12.4. The highest BCUT2D eigenvalue weighted by molar-refractivity contribution is 7.89. The van der Waals surface area contributed by atoms with E-state index in [9.17, 15) is 13.2 Å². The summed E-state index contributed by atoms with van der Waals surface area (Å²) in [4.78, 5) is 12.6. The quantitative estimate of drug-likeness (QED) is 0.875. The van der Waals surface area contributed by atoms with Gasteiger partial charge in [-0.05, 0) is 56.5 Å². The lowest BCUT2D eigenvalue weighted by Crippen LogP contribution is -2.25. The number of hydrogen-bond acceptors (Lipinski definition) is 3. The summed E-state index contributed by atoms with van der Waals surface area (Å²) in [6, 6.07) is 11.9. The number of anilines is 1. The van der Waals surface area contributed by atoms with E-state index in [1.165, 1.54) is 12.1 Å². The van der Waals surface area contributed by atoms with E-state index >= 15 is 0 Å². The predicted octanol–water partition coefficient (Wildman–Crippen LogP) is 3.00. The molecule has 0 radical (unpaired) electrons. The maximum Gasteiger partial charge on any atom is 0.255 e. The van der Waals surface area contributed by atoms with E-state index in [1.54, 1.807) is 18.2 Å². The summed E-state index contributed by atoms with van der Waals surface area (Å²) in [6.45, 7) is 3.85. The van der Waals surface area contributed by atoms with Gasteiger partial charge in [0, 0.05) is 17.3 Å². The fourth-order valence-electron chi connectivity index (χ4n) is 2.50. The van der Waals surface area contributed by atoms with E-state index in [0.29, 0.717) is 11.3 Å². The maximum absolute atomic E-state index is 12.4. The predicted molar refractivity (Wildman–Crippen MR) is 93.7 cm³/mol. The highest BCUT2D eigenvalue weighted by Crippen LogP contribution is 2.23. The second-order valence-electron chi connectivity index (χ2n) is 6.20. The molecule has 24 heavy (non-hydrogen) atoms. The summed E-state index contributed by atoms with van der Waals surface area (Å²) in [5.41, 5.74) is 3.00. The number of sulfonamides is 1. The molecule has 1 amide bonds. The first-order valence-electron chi connectivity index (χ1n) is 7.86. The molecule has 0 aliphatic heterocycles. The van der Waals surface area contributed by atoms with Crippen LogP contribution in [-0.4, -0.2) is 20.4 Å². The van der Waals surface area contributed by atoms with Crippen molar-refractivity contribution in [2.45, 2.75) is 37.6 Å². The molecule has 0 bridgehead atoms. The van der Waals surface area contributed by atoms with Crippen LogP contribution in [0.1, 0.15) is 34.3 Å². The lowest BCUT2D eigenvalue weighted by molar-refractivity contribution is 0.102. The van der Waals surface area contributed by atoms with E-state index in [2.05, 4.69) is 10.0 Å². The first-order chi connectivity index (χ1) is 11.3. The number of hydrogen-bond donors (Lipinski definition) is 2. The van der Waals surface area contributed by atoms with Crippen LogP contribution in [0.5, 0.6) is 0 Å². The van der Waals surface area contributed by atoms with Crippen LogP contribution in [0.15, 0.2) is 47.4 Å². The minimum Gasteiger partial charge on any atom is -0.322 e. The number of nitrogens with one attached hydrogen (secondary N) is 2. The second-order valence-corrected chi connectivity index (χ2v) is 7.91. The molecule has 0 heterocycles. The summed E-state index contributed by atoms with van der Waals surface area (Å²) in [5.74, 6) is -0.253. The van der Waals surface area contributed by atoms with Crippen molar-refractivity contribution in [2.75, 3.05) is 5.32 Å². The molecular formula is C18H20N2O3S. The van der Waals surface area contributed by atoms with Gasteiger partial charge in [-0.25, -0.2) is 13.1 Å². The fraction of sp³-hybridized carbons (Fsp3) is 0.278. The molecule has 126 valence electrons. The van der Waals surface area contributed by atoms with E-state index in [1.807, 2.05) is 26.0 Å². The first-order valence-corrected chi connectivity index (χ1v) is 9.34. The zero-order valence-electron chi connectivity index (χ0n) is 13.7. The number of benzene rings is 2. The first kappa shape index (κ1) is 16.7. The Balaban J connectivity index is 1.80. The monoisotopic (exact) mass is 344 g/mol. The smallest absolute Gasteiger partial charge is 0.255 e. The Labute approximate surface area is 142 Å². The number of carbonyl (C=O) groups is 1. The number of rotatable bonds is 5. The Bertz CT molecular complexity index is 887. The van der Waals surface area contributed by atoms with Gasteiger partial charge < -0.3 is 5.32 Å². The van der Waals surface area contributed by atoms with Crippen molar-refractivity contribution in [3.63, 3.8) is 0 Å². The molecule has 3 rings (SSSR count). The third kappa shape index (κ3) is 3.83. The van der Waals surface area contributed by atoms with Gasteiger partial charge in [0.2, 0.25) is 10.0 Å². The van der Waals surface area contributed by atoms with Crippen LogP contribution in [0.2, 0.25) is 0 Å². The van der Waals surface area contributed by atoms with Crippen LogP contribution in [0.3, 0.4) is 0 Å². The molecule has 1 fully saturated rings. The van der Waals surface area contributed by atoms with Crippen LogP contribution < -0.4 is 10.0 Å². The van der Waals surface area contributed by atoms with E-state index in [4.69, 9.17) is 0 Å². The van der Waals surface area contributed by atoms with Crippen LogP contribution in [0.4, 0.5) is 5.69 Å². The molecule has 6 heteroatoms. The molecule has 0 spiro atoms. The van der Waals surface area contributed by atoms with Gasteiger partial charge in [-0.15, -0.1) is 0 Å². The Morgan fingerprint density at radius 3 is 2.50 bits per heavy atom. The molecule has 0 atom stereocenters. The van der Waals surface area contributed by atoms with Crippen molar-refractivity contribution >= 4 is 21.6 Å². The second kappa shape index (κ2) is 6.37. The van der Waals surface area contributed by atoms with E-state index < -0.39 is 10.0 Å². The van der Waals surface area contributed by atoms with Crippen molar-refractivity contribution in [3.05, 3.63) is 59.2 Å². The third-order valence-electron chi connectivity index (χ3n) is 3.93. The van der Waals surface area contributed by atoms with E-state index in [-0.39, 0.29) is 16.8 Å². The normalized spacial score (nSPS) is 14.4. The average molecular weight is 344 g/mol. The zero-order chi connectivity index (χ0) is 17.3. The van der Waals surface area contributed by atoms with Gasteiger partial charge in [0.05, 0.1) is 4.90 Å². The van der Waals surface area contributed by atoms with Crippen molar-refractivity contribution in [2.24, 2.45) is 0 Å². The van der Waals surface area contributed by atoms with Crippen molar-refractivity contribution in [3.8, 4) is 0 Å². The summed E-state index contributed by atoms with van der Waals surface area (Å²) >= 11 is 0. The van der Waals surface area contributed by atoms with Gasteiger partial charge >= 0.3 is 0 Å². The van der Waals surface area contributed by atoms with Gasteiger partial charge in [-0.2, -0.15) is 0 Å². The molecular weight excluding hydrogens is 324 g/mol. The lowest BCUT2D eigenvalue weighted by atomic mass is 10.1. The highest BCUT2D eigenvalue weighted by atomic mass is 32.2. The lowest BCUT2D eigenvalue weighted by Gasteiger charge is -2.10. The van der Waals surface area contributed by atoms with Crippen molar-refractivity contribution in [1.82, 2.24) is 4.72 Å². The fourth-order valence-corrected chi connectivity index (χ4v) is 3.85. The van der Waals surface area contributed by atoms with Gasteiger partial charge in [0.15, 0.2) is 0 Å². The zero-order valence-corrected chi connectivity index (χ0v) is 14.5. The van der Waals surface area contributed by atoms with Crippen LogP contribution in [0.25, 0.3) is 0 Å². The SMILES string of the molecule is Cc1ccc(C(=O)Nc2cccc(S(=O)(=O)NC3CC3)c2)c(C)c1. The van der Waals surface area contributed by atoms with Crippen molar-refractivity contribution in [1.29, 1.82) is 0 Å². The molecule has 2 N–H and O–H groups in total. The topological polar surface area (TPSA) is 75.3 Å². The number of carbonyl (C=O) groups excluding carboxylic acids is 1. The molecule has 0 unspecified atom stereocenters. The molecule has 2 aromatic carbocycles. The average Bonchev–Trinajstić information content (AvgIpc) is 3.30. The molecule has 0 aromatic heterocycles. The summed E-state index contributed by atoms with van der Waals surface area (Å²) in [5, 5.41) is 2.77. The summed E-state index contributed by atoms with van der Waals surface area (Å²) < 4.78 is 27.2. The minimum absolute atomic E-state index is 0.0449. The van der Waals surface area contributed by atoms with Crippen LogP contribution in [-0.2, 0) is 10.0 Å². The molecule has 1 aliphatic carbocycles. The molecule has 1 saturated carbocycles. The van der Waals surface area contributed by atoms with Crippen LogP contribution >= 0.6 is 0 Å². The summed E-state index contributed by atoms with van der Waals surface area (Å²) in [7, 11) is -3.54. The Hall–Kier alpha value is -2.18. The van der Waals surface area contributed by atoms with Gasteiger partial charge in [-0.3, -0.25) is 4.79 Å². The number of amides is 1. The third-order valence-corrected chi connectivity index (χ3v) is 5.45. The Kier molecular flexibility index (Phi) is 4.43.